The number of ketones is 1. The number of methoxy groups -OCH3 is 1. The molecule has 0 heterocycles. The molecule has 2 rings (SSSR count). The van der Waals surface area contributed by atoms with Crippen molar-refractivity contribution in [3.05, 3.63) is 65.0 Å². The highest BCUT2D eigenvalue weighted by Crippen LogP contribution is 2.20. The van der Waals surface area contributed by atoms with Gasteiger partial charge in [0.2, 0.25) is 5.78 Å². The summed E-state index contributed by atoms with van der Waals surface area (Å²) < 4.78 is 23.1. The van der Waals surface area contributed by atoms with Gasteiger partial charge >= 0.3 is 5.97 Å². The van der Waals surface area contributed by atoms with Gasteiger partial charge in [-0.3, -0.25) is 4.79 Å². The Hall–Kier alpha value is -3.20. The van der Waals surface area contributed by atoms with E-state index in [-0.39, 0.29) is 16.9 Å². The van der Waals surface area contributed by atoms with Crippen LogP contribution in [0.1, 0.15) is 26.3 Å². The van der Waals surface area contributed by atoms with E-state index in [1.165, 1.54) is 43.5 Å². The van der Waals surface area contributed by atoms with Gasteiger partial charge in [0, 0.05) is 0 Å². The van der Waals surface area contributed by atoms with Gasteiger partial charge in [-0.1, -0.05) is 0 Å². The van der Waals surface area contributed by atoms with E-state index in [2.05, 4.69) is 0 Å². The number of nitrogens with zero attached hydrogens (tertiary/aromatic N) is 1. The van der Waals surface area contributed by atoms with E-state index in [0.717, 1.165) is 6.07 Å². The molecule has 116 valence electrons. The quantitative estimate of drug-likeness (QED) is 0.626. The van der Waals surface area contributed by atoms with Crippen molar-refractivity contribution in [1.82, 2.24) is 0 Å². The maximum atomic E-state index is 13.2. The first kappa shape index (κ1) is 16.2. The molecule has 0 aliphatic heterocycles. The zero-order valence-electron chi connectivity index (χ0n) is 12.2. The second-order valence-electron chi connectivity index (χ2n) is 4.53. The predicted octanol–water partition coefficient (Wildman–Crippen LogP) is 2.75. The van der Waals surface area contributed by atoms with Crippen LogP contribution < -0.4 is 4.74 Å². The number of benzene rings is 2. The Labute approximate surface area is 131 Å². The SMILES string of the molecule is COc1ccc(F)cc1C(=O)COC(=O)c1ccc(C#N)cc1. The summed E-state index contributed by atoms with van der Waals surface area (Å²) in [6, 6.07) is 11.2. The van der Waals surface area contributed by atoms with Crippen LogP contribution in [0.5, 0.6) is 5.75 Å². The topological polar surface area (TPSA) is 76.4 Å². The number of esters is 1. The second kappa shape index (κ2) is 7.18. The van der Waals surface area contributed by atoms with Crippen molar-refractivity contribution >= 4 is 11.8 Å². The third kappa shape index (κ3) is 3.92. The molecule has 0 unspecified atom stereocenters. The standard InChI is InChI=1S/C17H12FNO4/c1-22-16-7-6-13(18)8-14(16)15(20)10-23-17(21)12-4-2-11(9-19)3-5-12/h2-8H,10H2,1H3. The molecule has 0 N–H and O–H groups in total. The number of carbonyl (C=O) groups is 2. The molecule has 0 amide bonds. The number of hydrogen-bond donors (Lipinski definition) is 0. The van der Waals surface area contributed by atoms with Crippen molar-refractivity contribution in [1.29, 1.82) is 5.26 Å². The maximum absolute atomic E-state index is 13.2. The highest BCUT2D eigenvalue weighted by atomic mass is 19.1. The molecule has 0 aliphatic rings. The van der Waals surface area contributed by atoms with Crippen molar-refractivity contribution in [2.75, 3.05) is 13.7 Å². The third-order valence-electron chi connectivity index (χ3n) is 3.05. The largest absolute Gasteiger partial charge is 0.496 e. The Balaban J connectivity index is 2.05. The molecule has 0 aliphatic carbocycles. The Bertz CT molecular complexity index is 778. The van der Waals surface area contributed by atoms with Gasteiger partial charge in [0.15, 0.2) is 6.61 Å². The normalized spacial score (nSPS) is 9.78. The number of Topliss-reactive ketones (excluding diaryl/α,β-unsaturated/α-hetero) is 1. The summed E-state index contributed by atoms with van der Waals surface area (Å²) >= 11 is 0. The Morgan fingerprint density at radius 2 is 1.87 bits per heavy atom. The third-order valence-corrected chi connectivity index (χ3v) is 3.05. The molecule has 0 fully saturated rings. The lowest BCUT2D eigenvalue weighted by atomic mass is 10.1. The minimum absolute atomic E-state index is 0.000119. The molecule has 2 aromatic carbocycles. The van der Waals surface area contributed by atoms with Crippen LogP contribution in [-0.2, 0) is 4.74 Å². The molecule has 0 aromatic heterocycles. The van der Waals surface area contributed by atoms with Crippen LogP contribution in [0.4, 0.5) is 4.39 Å². The summed E-state index contributed by atoms with van der Waals surface area (Å²) in [7, 11) is 1.35. The fraction of sp³-hybridized carbons (Fsp3) is 0.118. The minimum Gasteiger partial charge on any atom is -0.496 e. The van der Waals surface area contributed by atoms with E-state index in [9.17, 15) is 14.0 Å². The van der Waals surface area contributed by atoms with Gasteiger partial charge < -0.3 is 9.47 Å². The molecule has 0 spiro atoms. The second-order valence-corrected chi connectivity index (χ2v) is 4.53. The van der Waals surface area contributed by atoms with Gasteiger partial charge in [-0.05, 0) is 42.5 Å². The molecule has 0 radical (unpaired) electrons. The molecule has 0 saturated carbocycles. The van der Waals surface area contributed by atoms with E-state index in [1.54, 1.807) is 0 Å². The molecule has 23 heavy (non-hydrogen) atoms. The Morgan fingerprint density at radius 3 is 2.48 bits per heavy atom. The van der Waals surface area contributed by atoms with Crippen LogP contribution >= 0.6 is 0 Å². The molecule has 0 atom stereocenters. The van der Waals surface area contributed by atoms with E-state index in [0.29, 0.717) is 5.56 Å². The zero-order chi connectivity index (χ0) is 16.8. The van der Waals surface area contributed by atoms with Gasteiger partial charge in [0.1, 0.15) is 11.6 Å². The summed E-state index contributed by atoms with van der Waals surface area (Å²) in [6.07, 6.45) is 0. The van der Waals surface area contributed by atoms with Crippen LogP contribution in [0.25, 0.3) is 0 Å². The van der Waals surface area contributed by atoms with Gasteiger partial charge in [0.25, 0.3) is 0 Å². The van der Waals surface area contributed by atoms with Crippen molar-refractivity contribution in [2.45, 2.75) is 0 Å². The lowest BCUT2D eigenvalue weighted by molar-refractivity contribution is 0.0474. The molecular formula is C17H12FNO4. The first-order valence-electron chi connectivity index (χ1n) is 6.59. The highest BCUT2D eigenvalue weighted by molar-refractivity contribution is 6.01. The Morgan fingerprint density at radius 1 is 1.17 bits per heavy atom. The molecule has 2 aromatic rings. The zero-order valence-corrected chi connectivity index (χ0v) is 12.2. The summed E-state index contributed by atoms with van der Waals surface area (Å²) in [6.45, 7) is -0.543. The van der Waals surface area contributed by atoms with Crippen LogP contribution in [0.15, 0.2) is 42.5 Å². The van der Waals surface area contributed by atoms with Crippen molar-refractivity contribution in [3.63, 3.8) is 0 Å². The number of nitriles is 1. The fourth-order valence-corrected chi connectivity index (χ4v) is 1.87. The molecule has 6 heteroatoms. The van der Waals surface area contributed by atoms with Gasteiger partial charge in [-0.25, -0.2) is 9.18 Å². The minimum atomic E-state index is -0.710. The summed E-state index contributed by atoms with van der Waals surface area (Å²) in [5.41, 5.74) is 0.616. The number of rotatable bonds is 5. The highest BCUT2D eigenvalue weighted by Gasteiger charge is 2.16. The molecule has 5 nitrogen and oxygen atoms in total. The predicted molar refractivity (Wildman–Crippen MR) is 78.7 cm³/mol. The van der Waals surface area contributed by atoms with E-state index < -0.39 is 24.2 Å². The summed E-state index contributed by atoms with van der Waals surface area (Å²) in [5.74, 6) is -1.68. The Kier molecular flexibility index (Phi) is 5.05. The van der Waals surface area contributed by atoms with Crippen molar-refractivity contribution in [3.8, 4) is 11.8 Å². The van der Waals surface area contributed by atoms with Gasteiger partial charge in [0.05, 0.1) is 29.9 Å². The van der Waals surface area contributed by atoms with Crippen LogP contribution in [-0.4, -0.2) is 25.5 Å². The average molecular weight is 313 g/mol. The lowest BCUT2D eigenvalue weighted by Gasteiger charge is -2.08. The summed E-state index contributed by atoms with van der Waals surface area (Å²) in [5, 5.41) is 8.69. The molecular weight excluding hydrogens is 301 g/mol. The number of halogens is 1. The average Bonchev–Trinajstić information content (AvgIpc) is 2.59. The first-order valence-corrected chi connectivity index (χ1v) is 6.59. The number of carbonyl (C=O) groups excluding carboxylic acids is 2. The lowest BCUT2D eigenvalue weighted by Crippen LogP contribution is -2.15. The van der Waals surface area contributed by atoms with Crippen LogP contribution in [0, 0.1) is 17.1 Å². The van der Waals surface area contributed by atoms with Gasteiger partial charge in [-0.15, -0.1) is 0 Å². The van der Waals surface area contributed by atoms with Gasteiger partial charge in [-0.2, -0.15) is 5.26 Å². The van der Waals surface area contributed by atoms with Crippen molar-refractivity contribution < 1.29 is 23.5 Å². The first-order chi connectivity index (χ1) is 11.0. The summed E-state index contributed by atoms with van der Waals surface area (Å²) in [4.78, 5) is 23.9. The molecule has 0 saturated heterocycles. The van der Waals surface area contributed by atoms with Crippen LogP contribution in [0.2, 0.25) is 0 Å². The van der Waals surface area contributed by atoms with Crippen LogP contribution in [0.3, 0.4) is 0 Å². The number of hydrogen-bond acceptors (Lipinski definition) is 5. The number of ether oxygens (including phenoxy) is 2. The van der Waals surface area contributed by atoms with E-state index in [4.69, 9.17) is 14.7 Å². The van der Waals surface area contributed by atoms with Crippen molar-refractivity contribution in [2.24, 2.45) is 0 Å². The maximum Gasteiger partial charge on any atom is 0.338 e. The van der Waals surface area contributed by atoms with E-state index >= 15 is 0 Å². The smallest absolute Gasteiger partial charge is 0.338 e. The monoisotopic (exact) mass is 313 g/mol. The fourth-order valence-electron chi connectivity index (χ4n) is 1.87. The van der Waals surface area contributed by atoms with E-state index in [1.807, 2.05) is 6.07 Å². The molecule has 0 bridgehead atoms.